The molecule has 2 nitrogen and oxygen atoms in total. The van der Waals surface area contributed by atoms with E-state index in [4.69, 9.17) is 5.73 Å². The number of benzene rings is 1. The van der Waals surface area contributed by atoms with Crippen molar-refractivity contribution in [2.75, 3.05) is 6.54 Å². The zero-order valence-electron chi connectivity index (χ0n) is 10.8. The lowest BCUT2D eigenvalue weighted by Gasteiger charge is -2.23. The number of hydrogen-bond acceptors (Lipinski definition) is 2. The number of nitrogens with zero attached hydrogens (tertiary/aromatic N) is 1. The van der Waals surface area contributed by atoms with Crippen LogP contribution in [0.15, 0.2) is 30.6 Å². The molecule has 2 aromatic rings. The molecule has 2 rings (SSSR count). The largest absolute Gasteiger partial charge is 0.330 e. The van der Waals surface area contributed by atoms with Crippen LogP contribution in [0.3, 0.4) is 0 Å². The Bertz CT molecular complexity index is 524. The summed E-state index contributed by atoms with van der Waals surface area (Å²) in [5, 5.41) is 2.55. The molecule has 0 aliphatic rings. The molecule has 90 valence electrons. The van der Waals surface area contributed by atoms with Crippen molar-refractivity contribution in [3.8, 4) is 0 Å². The third-order valence-electron chi connectivity index (χ3n) is 3.28. The number of nitrogens with two attached hydrogens (primary N) is 1. The van der Waals surface area contributed by atoms with Crippen molar-refractivity contribution in [3.63, 3.8) is 0 Å². The Morgan fingerprint density at radius 1 is 1.24 bits per heavy atom. The van der Waals surface area contributed by atoms with E-state index in [9.17, 15) is 0 Å². The Morgan fingerprint density at radius 2 is 2.00 bits per heavy atom. The minimum atomic E-state index is 0.143. The predicted molar refractivity (Wildman–Crippen MR) is 73.0 cm³/mol. The molecule has 0 amide bonds. The quantitative estimate of drug-likeness (QED) is 0.876. The van der Waals surface area contributed by atoms with Gasteiger partial charge in [-0.15, -0.1) is 0 Å². The fourth-order valence-electron chi connectivity index (χ4n) is 2.24. The van der Waals surface area contributed by atoms with E-state index in [1.54, 1.807) is 0 Å². The standard InChI is InChI=1S/C15H20N2/c1-11-8-17-9-13-6-4-5-12(14(11)13)7-15(2,3)10-16/h4-6,8-9H,7,10,16H2,1-3H3. The van der Waals surface area contributed by atoms with Gasteiger partial charge in [0.15, 0.2) is 0 Å². The van der Waals surface area contributed by atoms with Gasteiger partial charge in [0.2, 0.25) is 0 Å². The maximum Gasteiger partial charge on any atom is 0.0346 e. The second kappa shape index (κ2) is 4.46. The molecule has 0 spiro atoms. The molecule has 0 aliphatic heterocycles. The molecule has 0 atom stereocenters. The summed E-state index contributed by atoms with van der Waals surface area (Å²) >= 11 is 0. The van der Waals surface area contributed by atoms with Gasteiger partial charge in [-0.25, -0.2) is 0 Å². The Labute approximate surface area is 103 Å². The van der Waals surface area contributed by atoms with Crippen molar-refractivity contribution < 1.29 is 0 Å². The van der Waals surface area contributed by atoms with Crippen LogP contribution in [0.4, 0.5) is 0 Å². The van der Waals surface area contributed by atoms with Crippen molar-refractivity contribution in [1.82, 2.24) is 4.98 Å². The van der Waals surface area contributed by atoms with Gasteiger partial charge in [-0.2, -0.15) is 0 Å². The summed E-state index contributed by atoms with van der Waals surface area (Å²) in [5.74, 6) is 0. The first-order valence-electron chi connectivity index (χ1n) is 6.06. The summed E-state index contributed by atoms with van der Waals surface area (Å²) in [5.41, 5.74) is 8.58. The van der Waals surface area contributed by atoms with Gasteiger partial charge in [0.25, 0.3) is 0 Å². The van der Waals surface area contributed by atoms with Crippen LogP contribution in [-0.2, 0) is 6.42 Å². The average molecular weight is 228 g/mol. The molecule has 0 bridgehead atoms. The van der Waals surface area contributed by atoms with Crippen molar-refractivity contribution in [3.05, 3.63) is 41.7 Å². The molecule has 0 unspecified atom stereocenters. The Balaban J connectivity index is 2.54. The highest BCUT2D eigenvalue weighted by atomic mass is 14.6. The van der Waals surface area contributed by atoms with Gasteiger partial charge in [-0.3, -0.25) is 4.98 Å². The van der Waals surface area contributed by atoms with Gasteiger partial charge < -0.3 is 5.73 Å². The van der Waals surface area contributed by atoms with Crippen LogP contribution < -0.4 is 5.73 Å². The van der Waals surface area contributed by atoms with Gasteiger partial charge in [0, 0.05) is 17.8 Å². The van der Waals surface area contributed by atoms with Crippen molar-refractivity contribution >= 4 is 10.8 Å². The number of aromatic nitrogens is 1. The number of pyridine rings is 1. The van der Waals surface area contributed by atoms with Crippen LogP contribution in [0.2, 0.25) is 0 Å². The molecule has 2 heteroatoms. The van der Waals surface area contributed by atoms with Crippen LogP contribution >= 0.6 is 0 Å². The molecule has 2 N–H and O–H groups in total. The zero-order chi connectivity index (χ0) is 12.5. The Kier molecular flexibility index (Phi) is 3.16. The minimum Gasteiger partial charge on any atom is -0.330 e. The lowest BCUT2D eigenvalue weighted by atomic mass is 9.84. The summed E-state index contributed by atoms with van der Waals surface area (Å²) in [4.78, 5) is 4.25. The molecule has 0 saturated heterocycles. The van der Waals surface area contributed by atoms with Crippen LogP contribution in [0.1, 0.15) is 25.0 Å². The summed E-state index contributed by atoms with van der Waals surface area (Å²) in [6.45, 7) is 7.24. The smallest absolute Gasteiger partial charge is 0.0346 e. The van der Waals surface area contributed by atoms with E-state index in [0.717, 1.165) is 6.42 Å². The number of aryl methyl sites for hydroxylation is 1. The van der Waals surface area contributed by atoms with E-state index >= 15 is 0 Å². The summed E-state index contributed by atoms with van der Waals surface area (Å²) in [6, 6.07) is 6.42. The maximum atomic E-state index is 5.82. The highest BCUT2D eigenvalue weighted by molar-refractivity contribution is 5.87. The summed E-state index contributed by atoms with van der Waals surface area (Å²) < 4.78 is 0. The van der Waals surface area contributed by atoms with Crippen LogP contribution in [0.25, 0.3) is 10.8 Å². The van der Waals surface area contributed by atoms with Crippen molar-refractivity contribution in [2.24, 2.45) is 11.1 Å². The number of hydrogen-bond donors (Lipinski definition) is 1. The van der Waals surface area contributed by atoms with E-state index in [2.05, 4.69) is 44.0 Å². The fourth-order valence-corrected chi connectivity index (χ4v) is 2.24. The number of fused-ring (bicyclic) bond motifs is 1. The minimum absolute atomic E-state index is 0.143. The highest BCUT2D eigenvalue weighted by Crippen LogP contribution is 2.27. The molecule has 0 radical (unpaired) electrons. The maximum absolute atomic E-state index is 5.82. The lowest BCUT2D eigenvalue weighted by Crippen LogP contribution is -2.26. The fraction of sp³-hybridized carbons (Fsp3) is 0.400. The summed E-state index contributed by atoms with van der Waals surface area (Å²) in [6.07, 6.45) is 4.87. The zero-order valence-corrected chi connectivity index (χ0v) is 10.8. The second-order valence-electron chi connectivity index (χ2n) is 5.52. The van der Waals surface area contributed by atoms with Gasteiger partial charge in [0.1, 0.15) is 0 Å². The van der Waals surface area contributed by atoms with E-state index < -0.39 is 0 Å². The SMILES string of the molecule is Cc1cncc2cccc(CC(C)(C)CN)c12. The first kappa shape index (κ1) is 12.1. The monoisotopic (exact) mass is 228 g/mol. The first-order chi connectivity index (χ1) is 8.03. The van der Waals surface area contributed by atoms with Gasteiger partial charge in [-0.05, 0) is 41.8 Å². The van der Waals surface area contributed by atoms with Crippen LogP contribution in [-0.4, -0.2) is 11.5 Å². The normalized spacial score (nSPS) is 12.0. The van der Waals surface area contributed by atoms with E-state index in [1.807, 2.05) is 12.4 Å². The van der Waals surface area contributed by atoms with Crippen molar-refractivity contribution in [1.29, 1.82) is 0 Å². The molecule has 17 heavy (non-hydrogen) atoms. The molecule has 0 aliphatic carbocycles. The third-order valence-corrected chi connectivity index (χ3v) is 3.28. The Hall–Kier alpha value is -1.41. The van der Waals surface area contributed by atoms with Crippen LogP contribution in [0.5, 0.6) is 0 Å². The molecule has 0 fully saturated rings. The molecule has 1 aromatic heterocycles. The van der Waals surface area contributed by atoms with Crippen LogP contribution in [0, 0.1) is 12.3 Å². The van der Waals surface area contributed by atoms with Gasteiger partial charge in [-0.1, -0.05) is 32.0 Å². The second-order valence-corrected chi connectivity index (χ2v) is 5.52. The molecular weight excluding hydrogens is 208 g/mol. The molecule has 1 aromatic carbocycles. The number of rotatable bonds is 3. The van der Waals surface area contributed by atoms with Gasteiger partial charge >= 0.3 is 0 Å². The summed E-state index contributed by atoms with van der Waals surface area (Å²) in [7, 11) is 0. The molecule has 0 saturated carbocycles. The predicted octanol–water partition coefficient (Wildman–Crippen LogP) is 3.07. The first-order valence-corrected chi connectivity index (χ1v) is 6.06. The van der Waals surface area contributed by atoms with Crippen molar-refractivity contribution in [2.45, 2.75) is 27.2 Å². The van der Waals surface area contributed by atoms with E-state index in [-0.39, 0.29) is 5.41 Å². The Morgan fingerprint density at radius 3 is 2.71 bits per heavy atom. The highest BCUT2D eigenvalue weighted by Gasteiger charge is 2.18. The van der Waals surface area contributed by atoms with E-state index in [1.165, 1.54) is 21.9 Å². The topological polar surface area (TPSA) is 38.9 Å². The molecular formula is C15H20N2. The van der Waals surface area contributed by atoms with Gasteiger partial charge in [0.05, 0.1) is 0 Å². The third kappa shape index (κ3) is 2.47. The average Bonchev–Trinajstić information content (AvgIpc) is 2.29. The lowest BCUT2D eigenvalue weighted by molar-refractivity contribution is 0.378. The molecule has 1 heterocycles. The van der Waals surface area contributed by atoms with E-state index in [0.29, 0.717) is 6.54 Å².